The number of ether oxygens (including phenoxy) is 1. The van der Waals surface area contributed by atoms with Crippen LogP contribution in [0.2, 0.25) is 0 Å². The minimum absolute atomic E-state index is 0.0199. The van der Waals surface area contributed by atoms with E-state index >= 15 is 0 Å². The SMILES string of the molecule is COC(=O)C(c1ccccc1F)C1C=CC(NC(=O)c2ccc(C(C)(C)C)cc2)C1. The Morgan fingerprint density at radius 3 is 2.33 bits per heavy atom. The predicted octanol–water partition coefficient (Wildman–Crippen LogP) is 4.75. The fourth-order valence-electron chi connectivity index (χ4n) is 3.84. The third-order valence-corrected chi connectivity index (χ3v) is 5.57. The minimum Gasteiger partial charge on any atom is -0.469 e. The van der Waals surface area contributed by atoms with Crippen molar-refractivity contribution in [3.05, 3.63) is 83.2 Å². The van der Waals surface area contributed by atoms with Crippen molar-refractivity contribution >= 4 is 11.9 Å². The number of benzene rings is 2. The summed E-state index contributed by atoms with van der Waals surface area (Å²) in [6, 6.07) is 13.6. The standard InChI is InChI=1S/C25H28FNO3/c1-25(2,3)18-12-9-16(10-13-18)23(28)27-19-14-11-17(15-19)22(24(29)30-4)20-7-5-6-8-21(20)26/h5-14,17,19,22H,15H2,1-4H3,(H,27,28). The zero-order valence-corrected chi connectivity index (χ0v) is 17.8. The van der Waals surface area contributed by atoms with Crippen LogP contribution in [0.4, 0.5) is 4.39 Å². The highest BCUT2D eigenvalue weighted by atomic mass is 19.1. The van der Waals surface area contributed by atoms with Gasteiger partial charge < -0.3 is 10.1 Å². The molecule has 30 heavy (non-hydrogen) atoms. The van der Waals surface area contributed by atoms with Crippen molar-refractivity contribution in [1.29, 1.82) is 0 Å². The fraction of sp³-hybridized carbons (Fsp3) is 0.360. The van der Waals surface area contributed by atoms with Gasteiger partial charge in [0.25, 0.3) is 5.91 Å². The molecule has 158 valence electrons. The van der Waals surface area contributed by atoms with Crippen LogP contribution in [0.1, 0.15) is 54.6 Å². The Hall–Kier alpha value is -2.95. The summed E-state index contributed by atoms with van der Waals surface area (Å²) in [5.74, 6) is -2.11. The molecule has 4 nitrogen and oxygen atoms in total. The molecule has 1 amide bonds. The summed E-state index contributed by atoms with van der Waals surface area (Å²) in [7, 11) is 1.30. The molecule has 1 aliphatic rings. The predicted molar refractivity (Wildman–Crippen MR) is 115 cm³/mol. The van der Waals surface area contributed by atoms with E-state index in [9.17, 15) is 14.0 Å². The first-order valence-corrected chi connectivity index (χ1v) is 10.1. The number of nitrogens with one attached hydrogen (secondary N) is 1. The lowest BCUT2D eigenvalue weighted by Crippen LogP contribution is -2.34. The van der Waals surface area contributed by atoms with Gasteiger partial charge in [-0.1, -0.05) is 63.3 Å². The van der Waals surface area contributed by atoms with Crippen LogP contribution in [0, 0.1) is 11.7 Å². The fourth-order valence-corrected chi connectivity index (χ4v) is 3.84. The van der Waals surface area contributed by atoms with Gasteiger partial charge in [0.05, 0.1) is 13.0 Å². The maximum Gasteiger partial charge on any atom is 0.313 e. The second kappa shape index (κ2) is 8.82. The number of carbonyl (C=O) groups is 2. The zero-order chi connectivity index (χ0) is 21.9. The second-order valence-corrected chi connectivity index (χ2v) is 8.71. The average Bonchev–Trinajstić information content (AvgIpc) is 3.16. The Bertz CT molecular complexity index is 944. The van der Waals surface area contributed by atoms with Crippen molar-refractivity contribution in [3.63, 3.8) is 0 Å². The molecular formula is C25H28FNO3. The molecule has 0 radical (unpaired) electrons. The first kappa shape index (κ1) is 21.8. The lowest BCUT2D eigenvalue weighted by Gasteiger charge is -2.22. The number of amides is 1. The lowest BCUT2D eigenvalue weighted by molar-refractivity contribution is -0.143. The van der Waals surface area contributed by atoms with Gasteiger partial charge in [-0.15, -0.1) is 0 Å². The molecule has 0 aromatic heterocycles. The molecule has 2 aromatic rings. The van der Waals surface area contributed by atoms with Gasteiger partial charge in [-0.05, 0) is 41.5 Å². The molecule has 0 aliphatic heterocycles. The van der Waals surface area contributed by atoms with Crippen LogP contribution in [-0.4, -0.2) is 25.0 Å². The van der Waals surface area contributed by atoms with Crippen LogP contribution >= 0.6 is 0 Å². The number of hydrogen-bond donors (Lipinski definition) is 1. The second-order valence-electron chi connectivity index (χ2n) is 8.71. The molecule has 2 aromatic carbocycles. The van der Waals surface area contributed by atoms with Crippen molar-refractivity contribution in [1.82, 2.24) is 5.32 Å². The van der Waals surface area contributed by atoms with Crippen LogP contribution in [0.3, 0.4) is 0 Å². The first-order chi connectivity index (χ1) is 14.2. The quantitative estimate of drug-likeness (QED) is 0.573. The molecule has 1 aliphatic carbocycles. The average molecular weight is 410 g/mol. The van der Waals surface area contributed by atoms with Crippen LogP contribution in [0.15, 0.2) is 60.7 Å². The molecule has 1 N–H and O–H groups in total. The van der Waals surface area contributed by atoms with Gasteiger partial charge in [-0.2, -0.15) is 0 Å². The Morgan fingerprint density at radius 2 is 1.73 bits per heavy atom. The third-order valence-electron chi connectivity index (χ3n) is 5.57. The summed E-state index contributed by atoms with van der Waals surface area (Å²) in [6.45, 7) is 6.37. The van der Waals surface area contributed by atoms with Gasteiger partial charge in [0.1, 0.15) is 5.82 Å². The number of carbonyl (C=O) groups excluding carboxylic acids is 2. The van der Waals surface area contributed by atoms with E-state index in [1.165, 1.54) is 13.2 Å². The molecule has 5 heteroatoms. The Balaban J connectivity index is 1.70. The Kier molecular flexibility index (Phi) is 6.40. The van der Waals surface area contributed by atoms with Gasteiger partial charge in [0.15, 0.2) is 0 Å². The van der Waals surface area contributed by atoms with E-state index in [1.807, 2.05) is 36.4 Å². The van der Waals surface area contributed by atoms with Gasteiger partial charge in [-0.3, -0.25) is 9.59 Å². The summed E-state index contributed by atoms with van der Waals surface area (Å²) >= 11 is 0. The van der Waals surface area contributed by atoms with Crippen molar-refractivity contribution in [2.24, 2.45) is 5.92 Å². The van der Waals surface area contributed by atoms with Crippen molar-refractivity contribution in [2.75, 3.05) is 7.11 Å². The van der Waals surface area contributed by atoms with E-state index in [4.69, 9.17) is 4.74 Å². The zero-order valence-electron chi connectivity index (χ0n) is 17.8. The third kappa shape index (κ3) is 4.78. The van der Waals surface area contributed by atoms with E-state index in [1.54, 1.807) is 18.2 Å². The summed E-state index contributed by atoms with van der Waals surface area (Å²) < 4.78 is 19.3. The molecule has 0 fully saturated rings. The molecule has 0 spiro atoms. The molecule has 3 atom stereocenters. The summed E-state index contributed by atoms with van der Waals surface area (Å²) in [5, 5.41) is 2.99. The Labute approximate surface area is 177 Å². The number of methoxy groups -OCH3 is 1. The van der Waals surface area contributed by atoms with Gasteiger partial charge in [0, 0.05) is 17.2 Å². The van der Waals surface area contributed by atoms with E-state index in [-0.39, 0.29) is 23.3 Å². The topological polar surface area (TPSA) is 55.4 Å². The van der Waals surface area contributed by atoms with E-state index in [0.29, 0.717) is 17.5 Å². The molecule has 0 saturated carbocycles. The van der Waals surface area contributed by atoms with E-state index in [2.05, 4.69) is 26.1 Å². The normalized spacial score (nSPS) is 19.4. The van der Waals surface area contributed by atoms with Crippen molar-refractivity contribution in [3.8, 4) is 0 Å². The molecule has 0 heterocycles. The molecule has 3 unspecified atom stereocenters. The largest absolute Gasteiger partial charge is 0.469 e. The highest BCUT2D eigenvalue weighted by Crippen LogP contribution is 2.35. The van der Waals surface area contributed by atoms with Crippen molar-refractivity contribution in [2.45, 2.75) is 44.6 Å². The highest BCUT2D eigenvalue weighted by Gasteiger charge is 2.35. The van der Waals surface area contributed by atoms with E-state index < -0.39 is 17.7 Å². The van der Waals surface area contributed by atoms with Gasteiger partial charge in [-0.25, -0.2) is 4.39 Å². The molecular weight excluding hydrogens is 381 g/mol. The number of esters is 1. The summed E-state index contributed by atoms with van der Waals surface area (Å²) in [4.78, 5) is 25.1. The maximum absolute atomic E-state index is 14.3. The summed E-state index contributed by atoms with van der Waals surface area (Å²) in [5.41, 5.74) is 2.07. The highest BCUT2D eigenvalue weighted by molar-refractivity contribution is 5.94. The van der Waals surface area contributed by atoms with Crippen LogP contribution in [0.5, 0.6) is 0 Å². The number of hydrogen-bond acceptors (Lipinski definition) is 3. The summed E-state index contributed by atoms with van der Waals surface area (Å²) in [6.07, 6.45) is 4.23. The van der Waals surface area contributed by atoms with Gasteiger partial charge in [0.2, 0.25) is 0 Å². The van der Waals surface area contributed by atoms with E-state index in [0.717, 1.165) is 5.56 Å². The van der Waals surface area contributed by atoms with Crippen LogP contribution in [-0.2, 0) is 14.9 Å². The monoisotopic (exact) mass is 409 g/mol. The molecule has 0 bridgehead atoms. The van der Waals surface area contributed by atoms with Gasteiger partial charge >= 0.3 is 5.97 Å². The number of halogens is 1. The number of allylic oxidation sites excluding steroid dienone is 1. The lowest BCUT2D eigenvalue weighted by atomic mass is 9.85. The smallest absolute Gasteiger partial charge is 0.313 e. The molecule has 3 rings (SSSR count). The first-order valence-electron chi connectivity index (χ1n) is 10.1. The number of rotatable bonds is 5. The minimum atomic E-state index is -0.750. The molecule has 0 saturated heterocycles. The van der Waals surface area contributed by atoms with Crippen LogP contribution in [0.25, 0.3) is 0 Å². The maximum atomic E-state index is 14.3. The Morgan fingerprint density at radius 1 is 1.07 bits per heavy atom. The van der Waals surface area contributed by atoms with Crippen LogP contribution < -0.4 is 5.32 Å². The van der Waals surface area contributed by atoms with Crippen molar-refractivity contribution < 1.29 is 18.7 Å².